The maximum atomic E-state index is 11.9. The molecule has 0 saturated carbocycles. The molecule has 4 nitrogen and oxygen atoms in total. The fourth-order valence-corrected chi connectivity index (χ4v) is 1.10. The van der Waals surface area contributed by atoms with E-state index in [1.54, 1.807) is 20.9 Å². The second-order valence-electron chi connectivity index (χ2n) is 3.42. The summed E-state index contributed by atoms with van der Waals surface area (Å²) in [7, 11) is 2.94. The van der Waals surface area contributed by atoms with Crippen molar-refractivity contribution in [3.8, 4) is 0 Å². The van der Waals surface area contributed by atoms with Gasteiger partial charge in [0.2, 0.25) is 0 Å². The fourth-order valence-electron chi connectivity index (χ4n) is 1.10. The lowest BCUT2D eigenvalue weighted by molar-refractivity contribution is -0.138. The molecule has 86 valence electrons. The Morgan fingerprint density at radius 1 is 1.40 bits per heavy atom. The van der Waals surface area contributed by atoms with Crippen LogP contribution >= 0.6 is 0 Å². The Morgan fingerprint density at radius 2 is 1.93 bits per heavy atom. The number of Topliss-reactive ketones (excluding diaryl/α,β-unsaturated/α-hetero) is 1. The van der Waals surface area contributed by atoms with E-state index in [9.17, 15) is 9.59 Å². The van der Waals surface area contributed by atoms with Crippen molar-refractivity contribution in [3.63, 3.8) is 0 Å². The van der Waals surface area contributed by atoms with Gasteiger partial charge in [0, 0.05) is 18.7 Å². The summed E-state index contributed by atoms with van der Waals surface area (Å²) in [4.78, 5) is 23.3. The highest BCUT2D eigenvalue weighted by Crippen LogP contribution is 2.14. The second-order valence-corrected chi connectivity index (χ2v) is 3.42. The first-order valence-electron chi connectivity index (χ1n) is 5.00. The van der Waals surface area contributed by atoms with E-state index in [-0.39, 0.29) is 17.3 Å². The van der Waals surface area contributed by atoms with Crippen molar-refractivity contribution < 1.29 is 14.3 Å². The number of hydrogen-bond donors (Lipinski definition) is 1. The van der Waals surface area contributed by atoms with Crippen LogP contribution in [0, 0.1) is 5.92 Å². The molecule has 0 radical (unpaired) electrons. The standard InChI is InChI=1S/C11H19NO3/c1-6-7(2)10(13)9(8(3)12-4)11(14)15-5/h7,12H,6H2,1-5H3/b9-8+. The minimum absolute atomic E-state index is 0.120. The van der Waals surface area contributed by atoms with Crippen LogP contribution in [0.3, 0.4) is 0 Å². The highest BCUT2D eigenvalue weighted by Gasteiger charge is 2.25. The number of methoxy groups -OCH3 is 1. The number of allylic oxidation sites excluding steroid dienone is 1. The Hall–Kier alpha value is -1.32. The summed E-state index contributed by atoms with van der Waals surface area (Å²) in [5, 5.41) is 2.80. The SMILES string of the molecule is CCC(C)C(=O)/C(C(=O)OC)=C(/C)NC. The van der Waals surface area contributed by atoms with Gasteiger partial charge in [-0.15, -0.1) is 0 Å². The van der Waals surface area contributed by atoms with Crippen molar-refractivity contribution in [1.82, 2.24) is 5.32 Å². The molecule has 0 spiro atoms. The first-order valence-corrected chi connectivity index (χ1v) is 5.00. The fraction of sp³-hybridized carbons (Fsp3) is 0.636. The van der Waals surface area contributed by atoms with Gasteiger partial charge in [-0.2, -0.15) is 0 Å². The Morgan fingerprint density at radius 3 is 2.27 bits per heavy atom. The molecule has 0 rings (SSSR count). The molecule has 1 unspecified atom stereocenters. The number of carbonyl (C=O) groups excluding carboxylic acids is 2. The van der Waals surface area contributed by atoms with E-state index in [0.717, 1.165) is 0 Å². The van der Waals surface area contributed by atoms with Gasteiger partial charge in [0.25, 0.3) is 0 Å². The third kappa shape index (κ3) is 3.38. The van der Waals surface area contributed by atoms with E-state index in [1.807, 2.05) is 6.92 Å². The van der Waals surface area contributed by atoms with Crippen LogP contribution < -0.4 is 5.32 Å². The summed E-state index contributed by atoms with van der Waals surface area (Å²) in [6.45, 7) is 5.40. The monoisotopic (exact) mass is 213 g/mol. The van der Waals surface area contributed by atoms with E-state index in [1.165, 1.54) is 7.11 Å². The maximum Gasteiger partial charge on any atom is 0.343 e. The lowest BCUT2D eigenvalue weighted by Crippen LogP contribution is -2.24. The van der Waals surface area contributed by atoms with Crippen molar-refractivity contribution in [1.29, 1.82) is 0 Å². The molecule has 0 aliphatic heterocycles. The molecular formula is C11H19NO3. The van der Waals surface area contributed by atoms with Gasteiger partial charge in [-0.25, -0.2) is 4.79 Å². The predicted molar refractivity (Wildman–Crippen MR) is 58.2 cm³/mol. The highest BCUT2D eigenvalue weighted by molar-refractivity contribution is 6.18. The first-order chi connectivity index (χ1) is 6.99. The molecule has 4 heteroatoms. The van der Waals surface area contributed by atoms with Gasteiger partial charge >= 0.3 is 5.97 Å². The van der Waals surface area contributed by atoms with E-state index < -0.39 is 5.97 Å². The van der Waals surface area contributed by atoms with Crippen LogP contribution in [0.15, 0.2) is 11.3 Å². The molecule has 0 aliphatic rings. The summed E-state index contributed by atoms with van der Waals surface area (Å²) < 4.78 is 4.59. The zero-order valence-corrected chi connectivity index (χ0v) is 10.0. The number of ether oxygens (including phenoxy) is 1. The number of esters is 1. The molecular weight excluding hydrogens is 194 g/mol. The topological polar surface area (TPSA) is 55.4 Å². The molecule has 0 aromatic rings. The summed E-state index contributed by atoms with van der Waals surface area (Å²) in [6.07, 6.45) is 0.705. The smallest absolute Gasteiger partial charge is 0.343 e. The lowest BCUT2D eigenvalue weighted by atomic mass is 9.96. The molecule has 0 fully saturated rings. The molecule has 15 heavy (non-hydrogen) atoms. The zero-order chi connectivity index (χ0) is 12.0. The van der Waals surface area contributed by atoms with Crippen LogP contribution in [0.2, 0.25) is 0 Å². The van der Waals surface area contributed by atoms with E-state index in [4.69, 9.17) is 0 Å². The van der Waals surface area contributed by atoms with Crippen molar-refractivity contribution in [2.24, 2.45) is 5.92 Å². The molecule has 1 N–H and O–H groups in total. The second kappa shape index (κ2) is 6.22. The van der Waals surface area contributed by atoms with Gasteiger partial charge in [0.15, 0.2) is 5.78 Å². The van der Waals surface area contributed by atoms with Gasteiger partial charge in [-0.3, -0.25) is 4.79 Å². The average Bonchev–Trinajstić information content (AvgIpc) is 2.27. The average molecular weight is 213 g/mol. The number of nitrogens with one attached hydrogen (secondary N) is 1. The summed E-state index contributed by atoms with van der Waals surface area (Å²) >= 11 is 0. The summed E-state index contributed by atoms with van der Waals surface area (Å²) in [6, 6.07) is 0. The van der Waals surface area contributed by atoms with Crippen LogP contribution in [0.4, 0.5) is 0 Å². The van der Waals surface area contributed by atoms with Crippen LogP contribution in [-0.2, 0) is 14.3 Å². The van der Waals surface area contributed by atoms with Gasteiger partial charge < -0.3 is 10.1 Å². The molecule has 0 saturated heterocycles. The molecule has 0 bridgehead atoms. The largest absolute Gasteiger partial charge is 0.465 e. The first kappa shape index (κ1) is 13.7. The van der Waals surface area contributed by atoms with Crippen LogP contribution in [0.1, 0.15) is 27.2 Å². The summed E-state index contributed by atoms with van der Waals surface area (Å²) in [5.74, 6) is -0.911. The van der Waals surface area contributed by atoms with Gasteiger partial charge in [0.05, 0.1) is 7.11 Å². The minimum atomic E-state index is -0.577. The van der Waals surface area contributed by atoms with Gasteiger partial charge in [0.1, 0.15) is 5.57 Å². The quantitative estimate of drug-likeness (QED) is 0.323. The molecule has 0 aliphatic carbocycles. The molecule has 1 atom stereocenters. The maximum absolute atomic E-state index is 11.9. The minimum Gasteiger partial charge on any atom is -0.465 e. The molecule has 0 amide bonds. The third-order valence-electron chi connectivity index (χ3n) is 2.45. The summed E-state index contributed by atoms with van der Waals surface area (Å²) in [5.41, 5.74) is 0.668. The molecule has 0 heterocycles. The van der Waals surface area contributed by atoms with E-state index in [0.29, 0.717) is 12.1 Å². The van der Waals surface area contributed by atoms with E-state index >= 15 is 0 Å². The highest BCUT2D eigenvalue weighted by atomic mass is 16.5. The predicted octanol–water partition coefficient (Wildman–Crippen LogP) is 1.27. The Bertz CT molecular complexity index is 282. The van der Waals surface area contributed by atoms with Crippen molar-refractivity contribution in [3.05, 3.63) is 11.3 Å². The van der Waals surface area contributed by atoms with Crippen molar-refractivity contribution >= 4 is 11.8 Å². The Labute approximate surface area is 90.7 Å². The van der Waals surface area contributed by atoms with Crippen LogP contribution in [0.25, 0.3) is 0 Å². The Balaban J connectivity index is 5.14. The zero-order valence-electron chi connectivity index (χ0n) is 10.0. The number of carbonyl (C=O) groups is 2. The van der Waals surface area contributed by atoms with E-state index in [2.05, 4.69) is 10.1 Å². The third-order valence-corrected chi connectivity index (χ3v) is 2.45. The van der Waals surface area contributed by atoms with Crippen LogP contribution in [0.5, 0.6) is 0 Å². The normalized spacial score (nSPS) is 13.9. The van der Waals surface area contributed by atoms with Crippen molar-refractivity contribution in [2.45, 2.75) is 27.2 Å². The molecule has 0 aromatic carbocycles. The number of rotatable bonds is 5. The van der Waals surface area contributed by atoms with Gasteiger partial charge in [-0.1, -0.05) is 13.8 Å². The lowest BCUT2D eigenvalue weighted by Gasteiger charge is -2.12. The molecule has 0 aromatic heterocycles. The number of ketones is 1. The number of hydrogen-bond acceptors (Lipinski definition) is 4. The van der Waals surface area contributed by atoms with Crippen molar-refractivity contribution in [2.75, 3.05) is 14.2 Å². The Kier molecular flexibility index (Phi) is 5.67. The van der Waals surface area contributed by atoms with Crippen LogP contribution in [-0.4, -0.2) is 25.9 Å². The van der Waals surface area contributed by atoms with Gasteiger partial charge in [-0.05, 0) is 13.3 Å².